The van der Waals surface area contributed by atoms with Crippen LogP contribution in [0, 0.1) is 27.7 Å². The maximum absolute atomic E-state index is 13.4. The average Bonchev–Trinajstić information content (AvgIpc) is 2.80. The fraction of sp³-hybridized carbons (Fsp3) is 0.400. The number of benzene rings is 3. The van der Waals surface area contributed by atoms with E-state index in [0.717, 1.165) is 45.4 Å². The third-order valence-electron chi connectivity index (χ3n) is 6.73. The molecule has 192 valence electrons. The van der Waals surface area contributed by atoms with Crippen LogP contribution in [0.1, 0.15) is 76.8 Å². The van der Waals surface area contributed by atoms with Crippen LogP contribution in [0.15, 0.2) is 48.5 Å². The summed E-state index contributed by atoms with van der Waals surface area (Å²) in [6.45, 7) is 12.8. The largest absolute Gasteiger partial charge is 0.508 e. The van der Waals surface area contributed by atoms with Gasteiger partial charge in [0.15, 0.2) is 6.35 Å². The van der Waals surface area contributed by atoms with E-state index in [1.54, 1.807) is 6.07 Å². The van der Waals surface area contributed by atoms with Crippen molar-refractivity contribution >= 4 is 7.60 Å². The predicted molar refractivity (Wildman–Crippen MR) is 144 cm³/mol. The van der Waals surface area contributed by atoms with Gasteiger partial charge in [0.2, 0.25) is 0 Å². The number of phenolic OH excluding ortho intramolecular Hbond substituents is 1. The molecule has 1 fully saturated rings. The highest BCUT2D eigenvalue weighted by Crippen LogP contribution is 2.56. The van der Waals surface area contributed by atoms with E-state index >= 15 is 0 Å². The molecule has 36 heavy (non-hydrogen) atoms. The molecule has 3 aromatic rings. The molecular formula is C30H37O5P. The van der Waals surface area contributed by atoms with Crippen LogP contribution in [0.2, 0.25) is 0 Å². The van der Waals surface area contributed by atoms with E-state index in [-0.39, 0.29) is 18.4 Å². The van der Waals surface area contributed by atoms with Crippen LogP contribution in [0.3, 0.4) is 0 Å². The van der Waals surface area contributed by atoms with Gasteiger partial charge >= 0.3 is 7.60 Å². The summed E-state index contributed by atoms with van der Waals surface area (Å²) in [5, 5.41) is 10.1. The molecule has 4 rings (SSSR count). The average molecular weight is 509 g/mol. The van der Waals surface area contributed by atoms with E-state index in [1.165, 1.54) is 5.56 Å². The fourth-order valence-electron chi connectivity index (χ4n) is 4.92. The van der Waals surface area contributed by atoms with E-state index < -0.39 is 7.60 Å². The minimum absolute atomic E-state index is 0.123. The zero-order valence-electron chi connectivity index (χ0n) is 22.1. The first-order valence-electron chi connectivity index (χ1n) is 12.6. The summed E-state index contributed by atoms with van der Waals surface area (Å²) in [6.07, 6.45) is 1.04. The molecule has 0 unspecified atom stereocenters. The quantitative estimate of drug-likeness (QED) is 0.327. The Balaban J connectivity index is 1.46. The molecule has 0 radical (unpaired) electrons. The van der Waals surface area contributed by atoms with Crippen molar-refractivity contribution in [2.45, 2.75) is 66.4 Å². The third kappa shape index (κ3) is 6.21. The van der Waals surface area contributed by atoms with Gasteiger partial charge in [0.05, 0.1) is 12.7 Å². The number of rotatable bonds is 7. The highest BCUT2D eigenvalue weighted by atomic mass is 31.2. The minimum atomic E-state index is -3.39. The summed E-state index contributed by atoms with van der Waals surface area (Å²) in [6, 6.07) is 16.1. The molecule has 3 aromatic carbocycles. The zero-order chi connectivity index (χ0) is 26.0. The molecule has 5 nitrogen and oxygen atoms in total. The first kappa shape index (κ1) is 26.5. The monoisotopic (exact) mass is 508 g/mol. The van der Waals surface area contributed by atoms with Crippen molar-refractivity contribution in [1.82, 2.24) is 0 Å². The van der Waals surface area contributed by atoms with E-state index in [2.05, 4.69) is 65.8 Å². The van der Waals surface area contributed by atoms with Crippen molar-refractivity contribution in [3.63, 3.8) is 0 Å². The van der Waals surface area contributed by atoms with Crippen LogP contribution in [-0.4, -0.2) is 18.1 Å². The van der Waals surface area contributed by atoms with Crippen LogP contribution in [0.4, 0.5) is 0 Å². The van der Waals surface area contributed by atoms with Gasteiger partial charge in [-0.05, 0) is 91.6 Å². The number of aryl methyl sites for hydroxylation is 4. The van der Waals surface area contributed by atoms with E-state index in [4.69, 9.17) is 13.8 Å². The molecule has 0 bridgehead atoms. The lowest BCUT2D eigenvalue weighted by molar-refractivity contribution is 0.0725. The number of phenols is 1. The molecule has 0 saturated carbocycles. The van der Waals surface area contributed by atoms with Crippen molar-refractivity contribution < 1.29 is 23.5 Å². The lowest BCUT2D eigenvalue weighted by Crippen LogP contribution is -2.17. The number of hydrogen-bond acceptors (Lipinski definition) is 5. The summed E-state index contributed by atoms with van der Waals surface area (Å²) in [4.78, 5) is 0. The Morgan fingerprint density at radius 2 is 1.67 bits per heavy atom. The smallest absolute Gasteiger partial charge is 0.368 e. The van der Waals surface area contributed by atoms with Gasteiger partial charge in [-0.2, -0.15) is 0 Å². The second-order valence-corrected chi connectivity index (χ2v) is 12.2. The molecule has 1 aliphatic rings. The molecule has 1 aliphatic heterocycles. The zero-order valence-corrected chi connectivity index (χ0v) is 23.0. The van der Waals surface area contributed by atoms with Crippen LogP contribution in [0.25, 0.3) is 0 Å². The predicted octanol–water partition coefficient (Wildman–Crippen LogP) is 8.05. The van der Waals surface area contributed by atoms with Gasteiger partial charge in [0, 0.05) is 6.42 Å². The van der Waals surface area contributed by atoms with E-state index in [1.807, 2.05) is 18.2 Å². The van der Waals surface area contributed by atoms with Crippen LogP contribution < -0.4 is 4.74 Å². The normalized spacial score (nSPS) is 20.0. The maximum Gasteiger partial charge on any atom is 0.368 e. The summed E-state index contributed by atoms with van der Waals surface area (Å²) in [5.74, 6) is 1.25. The number of hydrogen-bond donors (Lipinski definition) is 1. The Bertz CT molecular complexity index is 1250. The molecule has 6 heteroatoms. The van der Waals surface area contributed by atoms with E-state index in [0.29, 0.717) is 24.5 Å². The van der Waals surface area contributed by atoms with Gasteiger partial charge in [-0.1, -0.05) is 55.3 Å². The molecule has 2 atom stereocenters. The van der Waals surface area contributed by atoms with Gasteiger partial charge < -0.3 is 14.4 Å². The Labute approximate surface area is 215 Å². The van der Waals surface area contributed by atoms with Crippen LogP contribution >= 0.6 is 7.60 Å². The van der Waals surface area contributed by atoms with Crippen molar-refractivity contribution in [2.75, 3.05) is 13.0 Å². The Morgan fingerprint density at radius 3 is 2.31 bits per heavy atom. The van der Waals surface area contributed by atoms with Crippen LogP contribution in [-0.2, 0) is 20.0 Å². The standard InChI is InChI=1S/C30H37O5P/c1-19(2)27-16-24(7-8-29(27)31)17-28-22(5)14-26(15-23(28)6)33-18-36(32)34-10-9-30(35-36)25-12-20(3)11-21(4)13-25/h7-8,11-16,19,30-31H,9-10,17-18H2,1-6H3/t30-,36+/m0/s1. The molecule has 0 amide bonds. The van der Waals surface area contributed by atoms with E-state index in [9.17, 15) is 9.67 Å². The first-order valence-corrected chi connectivity index (χ1v) is 14.3. The van der Waals surface area contributed by atoms with Crippen molar-refractivity contribution in [2.24, 2.45) is 0 Å². The molecular weight excluding hydrogens is 471 g/mol. The SMILES string of the molecule is Cc1cc(C)cc([C@@H]2CCO[P@](=O)(COc3cc(C)c(Cc4ccc(O)c(C(C)C)c4)c(C)c3)O2)c1. The van der Waals surface area contributed by atoms with Gasteiger partial charge in [-0.25, -0.2) is 0 Å². The summed E-state index contributed by atoms with van der Waals surface area (Å²) in [5.41, 5.74) is 8.87. The van der Waals surface area contributed by atoms with Crippen LogP contribution in [0.5, 0.6) is 11.5 Å². The molecule has 1 N–H and O–H groups in total. The lowest BCUT2D eigenvalue weighted by Gasteiger charge is -2.30. The van der Waals surface area contributed by atoms with Gasteiger partial charge in [0.25, 0.3) is 0 Å². The highest BCUT2D eigenvalue weighted by molar-refractivity contribution is 7.53. The second-order valence-electron chi connectivity index (χ2n) is 10.3. The molecule has 0 aromatic heterocycles. The number of aromatic hydroxyl groups is 1. The van der Waals surface area contributed by atoms with Crippen molar-refractivity contribution in [3.8, 4) is 11.5 Å². The summed E-state index contributed by atoms with van der Waals surface area (Å²) >= 11 is 0. The fourth-order valence-corrected chi connectivity index (χ4v) is 6.42. The molecule has 0 spiro atoms. The number of ether oxygens (including phenoxy) is 1. The molecule has 1 saturated heterocycles. The molecule has 0 aliphatic carbocycles. The first-order chi connectivity index (χ1) is 17.0. The third-order valence-corrected chi connectivity index (χ3v) is 8.32. The van der Waals surface area contributed by atoms with Crippen molar-refractivity contribution in [1.29, 1.82) is 0 Å². The minimum Gasteiger partial charge on any atom is -0.508 e. The van der Waals surface area contributed by atoms with Gasteiger partial charge in [0.1, 0.15) is 11.5 Å². The van der Waals surface area contributed by atoms with Crippen molar-refractivity contribution in [3.05, 3.63) is 93.0 Å². The lowest BCUT2D eigenvalue weighted by atomic mass is 9.93. The Morgan fingerprint density at radius 1 is 1.00 bits per heavy atom. The summed E-state index contributed by atoms with van der Waals surface area (Å²) < 4.78 is 30.9. The maximum atomic E-state index is 13.4. The topological polar surface area (TPSA) is 65.0 Å². The highest BCUT2D eigenvalue weighted by Gasteiger charge is 2.35. The molecule has 1 heterocycles. The second kappa shape index (κ2) is 10.8. The summed E-state index contributed by atoms with van der Waals surface area (Å²) in [7, 11) is -3.39. The Kier molecular flexibility index (Phi) is 7.94. The Hall–Kier alpha value is -2.59. The van der Waals surface area contributed by atoms with Gasteiger partial charge in [-0.3, -0.25) is 9.09 Å². The van der Waals surface area contributed by atoms with Gasteiger partial charge in [-0.15, -0.1) is 0 Å².